The maximum Gasteiger partial charge on any atom is 0.142 e. The summed E-state index contributed by atoms with van der Waals surface area (Å²) >= 11 is 0. The standard InChI is InChI=1S/C9H8O.C4H4O/c10-8-4-7-9-5-2-1-3-6-9;1-2-4-5-3-1/h1-8H;1-4H. The van der Waals surface area contributed by atoms with Crippen molar-refractivity contribution in [2.24, 2.45) is 0 Å². The molecule has 2 aromatic rings. The average Bonchev–Trinajstić information content (AvgIpc) is 2.86. The zero-order chi connectivity index (χ0) is 10.8. The minimum absolute atomic E-state index is 0.771. The van der Waals surface area contributed by atoms with Crippen LogP contribution in [0.2, 0.25) is 0 Å². The van der Waals surface area contributed by atoms with Crippen LogP contribution in [0.25, 0.3) is 6.08 Å². The summed E-state index contributed by atoms with van der Waals surface area (Å²) in [5, 5.41) is 0. The third-order valence-electron chi connectivity index (χ3n) is 1.59. The number of hydrogen-bond acceptors (Lipinski definition) is 2. The van der Waals surface area contributed by atoms with E-state index in [0.29, 0.717) is 0 Å². The lowest BCUT2D eigenvalue weighted by atomic mass is 10.2. The Morgan fingerprint density at radius 1 is 0.933 bits per heavy atom. The van der Waals surface area contributed by atoms with Gasteiger partial charge in [-0.25, -0.2) is 0 Å². The molecule has 0 atom stereocenters. The SMILES string of the molecule is O=CC=Cc1ccccc1.c1ccoc1. The number of hydrogen-bond donors (Lipinski definition) is 0. The third-order valence-corrected chi connectivity index (χ3v) is 1.59. The molecule has 1 aromatic carbocycles. The maximum atomic E-state index is 9.89. The predicted molar refractivity (Wildman–Crippen MR) is 60.2 cm³/mol. The Labute approximate surface area is 88.9 Å². The number of furan rings is 1. The van der Waals surface area contributed by atoms with E-state index in [0.717, 1.165) is 11.8 Å². The Bertz CT molecular complexity index is 357. The first-order valence-corrected chi connectivity index (χ1v) is 4.57. The summed E-state index contributed by atoms with van der Waals surface area (Å²) in [5.74, 6) is 0. The summed E-state index contributed by atoms with van der Waals surface area (Å²) in [7, 11) is 0. The fourth-order valence-electron chi connectivity index (χ4n) is 0.941. The first kappa shape index (κ1) is 11.0. The molecule has 15 heavy (non-hydrogen) atoms. The second kappa shape index (κ2) is 7.33. The molecule has 0 radical (unpaired) electrons. The molecule has 2 heteroatoms. The zero-order valence-corrected chi connectivity index (χ0v) is 8.24. The van der Waals surface area contributed by atoms with Crippen LogP contribution < -0.4 is 0 Å². The second-order valence-electron chi connectivity index (χ2n) is 2.70. The van der Waals surface area contributed by atoms with Gasteiger partial charge in [-0.05, 0) is 23.8 Å². The van der Waals surface area contributed by atoms with E-state index in [1.807, 2.05) is 42.5 Å². The molecule has 0 aliphatic rings. The molecule has 1 aromatic heterocycles. The van der Waals surface area contributed by atoms with E-state index in [1.54, 1.807) is 18.6 Å². The van der Waals surface area contributed by atoms with Crippen LogP contribution >= 0.6 is 0 Å². The molecule has 0 fully saturated rings. The van der Waals surface area contributed by atoms with Crippen molar-refractivity contribution in [1.82, 2.24) is 0 Å². The Morgan fingerprint density at radius 3 is 2.07 bits per heavy atom. The molecule has 0 saturated carbocycles. The fourth-order valence-corrected chi connectivity index (χ4v) is 0.941. The van der Waals surface area contributed by atoms with Gasteiger partial charge in [-0.15, -0.1) is 0 Å². The largest absolute Gasteiger partial charge is 0.473 e. The first-order valence-electron chi connectivity index (χ1n) is 4.57. The number of allylic oxidation sites excluding steroid dienone is 1. The summed E-state index contributed by atoms with van der Waals surface area (Å²) in [5.41, 5.74) is 1.05. The van der Waals surface area contributed by atoms with E-state index >= 15 is 0 Å². The number of carbonyl (C=O) groups is 1. The highest BCUT2D eigenvalue weighted by Gasteiger charge is 1.79. The van der Waals surface area contributed by atoms with Gasteiger partial charge in [0.25, 0.3) is 0 Å². The lowest BCUT2D eigenvalue weighted by Gasteiger charge is -1.86. The van der Waals surface area contributed by atoms with Gasteiger partial charge in [0.05, 0.1) is 12.5 Å². The van der Waals surface area contributed by atoms with Crippen LogP contribution in [0.5, 0.6) is 0 Å². The zero-order valence-electron chi connectivity index (χ0n) is 8.24. The number of carbonyl (C=O) groups excluding carboxylic acids is 1. The van der Waals surface area contributed by atoms with Crippen molar-refractivity contribution < 1.29 is 9.21 Å². The molecule has 0 aliphatic carbocycles. The van der Waals surface area contributed by atoms with Crippen LogP contribution in [0.3, 0.4) is 0 Å². The second-order valence-corrected chi connectivity index (χ2v) is 2.70. The van der Waals surface area contributed by atoms with Gasteiger partial charge in [-0.3, -0.25) is 4.79 Å². The van der Waals surface area contributed by atoms with E-state index in [1.165, 1.54) is 6.08 Å². The third kappa shape index (κ3) is 5.26. The van der Waals surface area contributed by atoms with Crippen molar-refractivity contribution in [2.45, 2.75) is 0 Å². The highest BCUT2D eigenvalue weighted by molar-refractivity contribution is 5.73. The Morgan fingerprint density at radius 2 is 1.60 bits per heavy atom. The molecule has 0 amide bonds. The quantitative estimate of drug-likeness (QED) is 0.550. The monoisotopic (exact) mass is 200 g/mol. The van der Waals surface area contributed by atoms with Crippen molar-refractivity contribution in [3.05, 3.63) is 66.6 Å². The van der Waals surface area contributed by atoms with Gasteiger partial charge in [-0.2, -0.15) is 0 Å². The van der Waals surface area contributed by atoms with Gasteiger partial charge in [-0.1, -0.05) is 36.4 Å². The molecule has 2 rings (SSSR count). The van der Waals surface area contributed by atoms with Crippen molar-refractivity contribution in [3.63, 3.8) is 0 Å². The summed E-state index contributed by atoms with van der Waals surface area (Å²) in [6, 6.07) is 13.4. The normalized spacial score (nSPS) is 9.33. The van der Waals surface area contributed by atoms with Crippen LogP contribution in [-0.4, -0.2) is 6.29 Å². The van der Waals surface area contributed by atoms with Crippen molar-refractivity contribution in [2.75, 3.05) is 0 Å². The molecule has 0 saturated heterocycles. The lowest BCUT2D eigenvalue weighted by molar-refractivity contribution is -0.104. The van der Waals surface area contributed by atoms with Gasteiger partial charge >= 0.3 is 0 Å². The molecular formula is C13H12O2. The smallest absolute Gasteiger partial charge is 0.142 e. The molecule has 1 heterocycles. The van der Waals surface area contributed by atoms with E-state index in [4.69, 9.17) is 0 Å². The Balaban J connectivity index is 0.000000187. The van der Waals surface area contributed by atoms with E-state index in [-0.39, 0.29) is 0 Å². The van der Waals surface area contributed by atoms with Gasteiger partial charge in [0.15, 0.2) is 0 Å². The molecule has 2 nitrogen and oxygen atoms in total. The molecule has 0 unspecified atom stereocenters. The number of aldehydes is 1. The molecule has 0 bridgehead atoms. The van der Waals surface area contributed by atoms with Gasteiger partial charge in [0, 0.05) is 0 Å². The van der Waals surface area contributed by atoms with Crippen LogP contribution in [0.1, 0.15) is 5.56 Å². The van der Waals surface area contributed by atoms with Gasteiger partial charge < -0.3 is 4.42 Å². The van der Waals surface area contributed by atoms with Crippen molar-refractivity contribution >= 4 is 12.4 Å². The van der Waals surface area contributed by atoms with Gasteiger partial charge in [0.2, 0.25) is 0 Å². The first-order chi connectivity index (χ1) is 7.43. The minimum Gasteiger partial charge on any atom is -0.473 e. The van der Waals surface area contributed by atoms with Crippen molar-refractivity contribution in [1.29, 1.82) is 0 Å². The summed E-state index contributed by atoms with van der Waals surface area (Å²) in [4.78, 5) is 9.89. The number of benzene rings is 1. The van der Waals surface area contributed by atoms with Crippen LogP contribution in [0.4, 0.5) is 0 Å². The number of rotatable bonds is 2. The highest BCUT2D eigenvalue weighted by atomic mass is 16.3. The highest BCUT2D eigenvalue weighted by Crippen LogP contribution is 1.99. The summed E-state index contributed by atoms with van der Waals surface area (Å²) < 4.78 is 4.58. The van der Waals surface area contributed by atoms with E-state index in [9.17, 15) is 4.79 Å². The molecule has 0 N–H and O–H groups in total. The fraction of sp³-hybridized carbons (Fsp3) is 0. The molecule has 0 spiro atoms. The van der Waals surface area contributed by atoms with E-state index in [2.05, 4.69) is 4.42 Å². The van der Waals surface area contributed by atoms with E-state index < -0.39 is 0 Å². The van der Waals surface area contributed by atoms with Crippen molar-refractivity contribution in [3.8, 4) is 0 Å². The van der Waals surface area contributed by atoms with Crippen LogP contribution in [-0.2, 0) is 4.79 Å². The minimum atomic E-state index is 0.771. The topological polar surface area (TPSA) is 30.2 Å². The predicted octanol–water partition coefficient (Wildman–Crippen LogP) is 3.18. The lowest BCUT2D eigenvalue weighted by Crippen LogP contribution is -1.67. The summed E-state index contributed by atoms with van der Waals surface area (Å²) in [6.07, 6.45) is 7.27. The molecule has 0 aliphatic heterocycles. The van der Waals surface area contributed by atoms with Crippen LogP contribution in [0, 0.1) is 0 Å². The maximum absolute atomic E-state index is 9.89. The molecular weight excluding hydrogens is 188 g/mol. The van der Waals surface area contributed by atoms with Gasteiger partial charge in [0.1, 0.15) is 6.29 Å². The summed E-state index contributed by atoms with van der Waals surface area (Å²) in [6.45, 7) is 0. The van der Waals surface area contributed by atoms with Crippen LogP contribution in [0.15, 0.2) is 65.5 Å². The Kier molecular flexibility index (Phi) is 5.37. The average molecular weight is 200 g/mol. The molecule has 76 valence electrons. The Hall–Kier alpha value is -2.09.